The highest BCUT2D eigenvalue weighted by atomic mass is 19.1. The van der Waals surface area contributed by atoms with Gasteiger partial charge in [-0.25, -0.2) is 23.7 Å². The third-order valence-electron chi connectivity index (χ3n) is 3.56. The summed E-state index contributed by atoms with van der Waals surface area (Å²) in [6.07, 6.45) is 3.30. The van der Waals surface area contributed by atoms with E-state index in [9.17, 15) is 8.78 Å². The van der Waals surface area contributed by atoms with E-state index in [2.05, 4.69) is 20.0 Å². The molecule has 4 nitrogen and oxygen atoms in total. The van der Waals surface area contributed by atoms with Crippen molar-refractivity contribution in [3.05, 3.63) is 53.6 Å². The van der Waals surface area contributed by atoms with Crippen LogP contribution < -0.4 is 0 Å². The number of hydrogen-bond acceptors (Lipinski definition) is 4. The van der Waals surface area contributed by atoms with Gasteiger partial charge in [-0.2, -0.15) is 0 Å². The summed E-state index contributed by atoms with van der Waals surface area (Å²) in [6, 6.07) is 9.82. The summed E-state index contributed by atoms with van der Waals surface area (Å²) in [6.45, 7) is 0. The van der Waals surface area contributed by atoms with Crippen LogP contribution in [0, 0.1) is 5.82 Å². The van der Waals surface area contributed by atoms with E-state index in [0.717, 1.165) is 11.8 Å². The molecule has 1 unspecified atom stereocenters. The normalized spacial score (nSPS) is 19.2. The molecule has 3 rings (SSSR count). The smallest absolute Gasteiger partial charge is 0.250 e. The number of rotatable bonds is 4. The van der Waals surface area contributed by atoms with E-state index in [1.54, 1.807) is 0 Å². The van der Waals surface area contributed by atoms with Crippen molar-refractivity contribution >= 4 is 17.9 Å². The van der Waals surface area contributed by atoms with Crippen molar-refractivity contribution in [2.24, 2.45) is 9.98 Å². The first-order valence-corrected chi connectivity index (χ1v) is 7.51. The van der Waals surface area contributed by atoms with Crippen molar-refractivity contribution in [2.45, 2.75) is 32.0 Å². The van der Waals surface area contributed by atoms with Crippen LogP contribution in [0.15, 0.2) is 46.5 Å². The molecule has 118 valence electrons. The van der Waals surface area contributed by atoms with Gasteiger partial charge in [-0.1, -0.05) is 30.3 Å². The maximum absolute atomic E-state index is 13.9. The van der Waals surface area contributed by atoms with Gasteiger partial charge in [0.05, 0.1) is 17.6 Å². The van der Waals surface area contributed by atoms with Gasteiger partial charge in [0.1, 0.15) is 0 Å². The SMILES string of the molecule is Fc1cnc(N=C2C=NC(F)CC2)nc1CCc1ccccc1. The maximum atomic E-state index is 13.9. The van der Waals surface area contributed by atoms with Crippen molar-refractivity contribution in [2.75, 3.05) is 0 Å². The molecule has 1 aromatic carbocycles. The molecule has 2 aromatic rings. The van der Waals surface area contributed by atoms with Crippen LogP contribution in [0.1, 0.15) is 24.1 Å². The molecule has 0 saturated carbocycles. The lowest BCUT2D eigenvalue weighted by Crippen LogP contribution is -2.12. The molecule has 1 aliphatic heterocycles. The summed E-state index contributed by atoms with van der Waals surface area (Å²) in [5.41, 5.74) is 2.06. The van der Waals surface area contributed by atoms with E-state index < -0.39 is 12.1 Å². The van der Waals surface area contributed by atoms with Crippen molar-refractivity contribution in [3.8, 4) is 0 Å². The monoisotopic (exact) mass is 314 g/mol. The first-order valence-electron chi connectivity index (χ1n) is 7.51. The molecule has 6 heteroatoms. The van der Waals surface area contributed by atoms with Gasteiger partial charge < -0.3 is 0 Å². The van der Waals surface area contributed by atoms with Crippen LogP contribution in [0.4, 0.5) is 14.7 Å². The second kappa shape index (κ2) is 7.17. The van der Waals surface area contributed by atoms with Gasteiger partial charge in [0.2, 0.25) is 5.95 Å². The van der Waals surface area contributed by atoms with Crippen LogP contribution in [-0.2, 0) is 12.8 Å². The van der Waals surface area contributed by atoms with E-state index in [0.29, 0.717) is 37.1 Å². The Morgan fingerprint density at radius 3 is 2.74 bits per heavy atom. The Kier molecular flexibility index (Phi) is 4.80. The van der Waals surface area contributed by atoms with Gasteiger partial charge in [0.25, 0.3) is 0 Å². The molecule has 0 bridgehead atoms. The lowest BCUT2D eigenvalue weighted by Gasteiger charge is -2.09. The van der Waals surface area contributed by atoms with Crippen molar-refractivity contribution < 1.29 is 8.78 Å². The van der Waals surface area contributed by atoms with Crippen molar-refractivity contribution in [3.63, 3.8) is 0 Å². The molecule has 0 radical (unpaired) electrons. The third kappa shape index (κ3) is 4.25. The zero-order valence-corrected chi connectivity index (χ0v) is 12.5. The Morgan fingerprint density at radius 2 is 2.00 bits per heavy atom. The van der Waals surface area contributed by atoms with Crippen LogP contribution >= 0.6 is 0 Å². The lowest BCUT2D eigenvalue weighted by molar-refractivity contribution is 0.330. The van der Waals surface area contributed by atoms with Crippen molar-refractivity contribution in [1.29, 1.82) is 0 Å². The second-order valence-corrected chi connectivity index (χ2v) is 5.30. The fraction of sp³-hybridized carbons (Fsp3) is 0.294. The highest BCUT2D eigenvalue weighted by molar-refractivity contribution is 6.31. The predicted octanol–water partition coefficient (Wildman–Crippen LogP) is 3.63. The molecule has 0 N–H and O–H groups in total. The lowest BCUT2D eigenvalue weighted by atomic mass is 10.1. The van der Waals surface area contributed by atoms with Crippen molar-refractivity contribution in [1.82, 2.24) is 9.97 Å². The summed E-state index contributed by atoms with van der Waals surface area (Å²) in [5.74, 6) is -0.251. The second-order valence-electron chi connectivity index (χ2n) is 5.30. The van der Waals surface area contributed by atoms with Crippen LogP contribution in [0.3, 0.4) is 0 Å². The number of benzene rings is 1. The van der Waals surface area contributed by atoms with E-state index in [1.165, 1.54) is 6.21 Å². The molecule has 1 aromatic heterocycles. The Morgan fingerprint density at radius 1 is 1.17 bits per heavy atom. The molecule has 23 heavy (non-hydrogen) atoms. The van der Waals surface area contributed by atoms with E-state index in [-0.39, 0.29) is 5.95 Å². The average molecular weight is 314 g/mol. The minimum atomic E-state index is -1.16. The Bertz CT molecular complexity index is 729. The van der Waals surface area contributed by atoms with Crippen LogP contribution in [-0.4, -0.2) is 28.2 Å². The Balaban J connectivity index is 1.74. The van der Waals surface area contributed by atoms with Gasteiger partial charge in [0, 0.05) is 12.6 Å². The number of aromatic nitrogens is 2. The zero-order valence-electron chi connectivity index (χ0n) is 12.5. The molecule has 0 saturated heterocycles. The van der Waals surface area contributed by atoms with Crippen LogP contribution in [0.25, 0.3) is 0 Å². The quantitative estimate of drug-likeness (QED) is 0.809. The maximum Gasteiger partial charge on any atom is 0.250 e. The number of hydrogen-bond donors (Lipinski definition) is 0. The highest BCUT2D eigenvalue weighted by Gasteiger charge is 2.13. The molecule has 0 amide bonds. The Hall–Kier alpha value is -2.50. The average Bonchev–Trinajstić information content (AvgIpc) is 2.58. The molecule has 0 spiro atoms. The zero-order chi connectivity index (χ0) is 16.1. The molecular formula is C17H16F2N4. The minimum Gasteiger partial charge on any atom is -0.255 e. The van der Waals surface area contributed by atoms with E-state index >= 15 is 0 Å². The van der Waals surface area contributed by atoms with Crippen LogP contribution in [0.2, 0.25) is 0 Å². The first kappa shape index (κ1) is 15.4. The minimum absolute atomic E-state index is 0.188. The fourth-order valence-corrected chi connectivity index (χ4v) is 2.31. The summed E-state index contributed by atoms with van der Waals surface area (Å²) >= 11 is 0. The van der Waals surface area contributed by atoms with Gasteiger partial charge in [-0.3, -0.25) is 4.99 Å². The van der Waals surface area contributed by atoms with Gasteiger partial charge in [-0.05, 0) is 24.8 Å². The number of halogens is 2. The van der Waals surface area contributed by atoms with Gasteiger partial charge >= 0.3 is 0 Å². The molecule has 2 heterocycles. The summed E-state index contributed by atoms with van der Waals surface area (Å²) in [5, 5.41) is 0. The number of aryl methyl sites for hydroxylation is 2. The molecule has 0 fully saturated rings. The largest absolute Gasteiger partial charge is 0.255 e. The summed E-state index contributed by atoms with van der Waals surface area (Å²) in [4.78, 5) is 15.9. The van der Waals surface area contributed by atoms with Crippen LogP contribution in [0.5, 0.6) is 0 Å². The number of nitrogens with zero attached hydrogens (tertiary/aromatic N) is 4. The Labute approximate surface area is 133 Å². The highest BCUT2D eigenvalue weighted by Crippen LogP contribution is 2.15. The van der Waals surface area contributed by atoms with E-state index in [4.69, 9.17) is 0 Å². The fourth-order valence-electron chi connectivity index (χ4n) is 2.31. The number of aliphatic imine (C=N–C) groups is 2. The first-order chi connectivity index (χ1) is 11.2. The molecule has 0 aliphatic carbocycles. The third-order valence-corrected chi connectivity index (χ3v) is 3.56. The van der Waals surface area contributed by atoms with Gasteiger partial charge in [-0.15, -0.1) is 0 Å². The molecule has 1 atom stereocenters. The summed E-state index contributed by atoms with van der Waals surface area (Å²) < 4.78 is 26.8. The topological polar surface area (TPSA) is 50.5 Å². The number of alkyl halides is 1. The van der Waals surface area contributed by atoms with E-state index in [1.807, 2.05) is 30.3 Å². The molecular weight excluding hydrogens is 298 g/mol. The van der Waals surface area contributed by atoms with Gasteiger partial charge in [0.15, 0.2) is 12.1 Å². The summed E-state index contributed by atoms with van der Waals surface area (Å²) in [7, 11) is 0. The standard InChI is InChI=1S/C17H16F2N4/c18-14-11-21-17(22-13-7-9-16(19)20-10-13)23-15(14)8-6-12-4-2-1-3-5-12/h1-5,10-11,16H,6-9H2. The predicted molar refractivity (Wildman–Crippen MR) is 85.6 cm³/mol. The molecule has 1 aliphatic rings.